The highest BCUT2D eigenvalue weighted by molar-refractivity contribution is 5.21. The lowest BCUT2D eigenvalue weighted by Gasteiger charge is -2.35. The van der Waals surface area contributed by atoms with Crippen LogP contribution in [0.1, 0.15) is 37.6 Å². The normalized spacial score (nSPS) is 14.9. The summed E-state index contributed by atoms with van der Waals surface area (Å²) in [5.74, 6) is 0. The van der Waals surface area contributed by atoms with E-state index in [1.165, 1.54) is 5.56 Å². The first-order valence-corrected chi connectivity index (χ1v) is 7.00. The van der Waals surface area contributed by atoms with E-state index in [-0.39, 0.29) is 6.04 Å². The lowest BCUT2D eigenvalue weighted by Crippen LogP contribution is -2.41. The van der Waals surface area contributed by atoms with Crippen LogP contribution in [0.15, 0.2) is 6.20 Å². The summed E-state index contributed by atoms with van der Waals surface area (Å²) in [4.78, 5) is 2.42. The third-order valence-corrected chi connectivity index (χ3v) is 3.74. The molecule has 1 heterocycles. The van der Waals surface area contributed by atoms with Crippen molar-refractivity contribution < 1.29 is 4.74 Å². The predicted molar refractivity (Wildman–Crippen MR) is 78.1 cm³/mol. The first kappa shape index (κ1) is 16.1. The van der Waals surface area contributed by atoms with Crippen LogP contribution in [0, 0.1) is 6.92 Å². The number of rotatable bonds is 8. The van der Waals surface area contributed by atoms with Gasteiger partial charge < -0.3 is 10.5 Å². The number of ether oxygens (including phenoxy) is 1. The maximum Gasteiger partial charge on any atom is 0.0641 e. The molecule has 1 aromatic heterocycles. The molecule has 0 bridgehead atoms. The van der Waals surface area contributed by atoms with E-state index in [4.69, 9.17) is 10.5 Å². The second kappa shape index (κ2) is 7.62. The van der Waals surface area contributed by atoms with Gasteiger partial charge in [0.2, 0.25) is 0 Å². The average molecular weight is 268 g/mol. The molecule has 0 aromatic carbocycles. The molecule has 19 heavy (non-hydrogen) atoms. The maximum absolute atomic E-state index is 6.03. The van der Waals surface area contributed by atoms with Crippen LogP contribution in [0.5, 0.6) is 0 Å². The third kappa shape index (κ3) is 4.03. The lowest BCUT2D eigenvalue weighted by atomic mass is 10.0. The Bertz CT molecular complexity index is 378. The molecule has 0 radical (unpaired) electrons. The first-order valence-electron chi connectivity index (χ1n) is 7.00. The summed E-state index contributed by atoms with van der Waals surface area (Å²) >= 11 is 0. The van der Waals surface area contributed by atoms with Crippen molar-refractivity contribution in [1.82, 2.24) is 14.7 Å². The van der Waals surface area contributed by atoms with Crippen LogP contribution >= 0.6 is 0 Å². The van der Waals surface area contributed by atoms with Crippen molar-refractivity contribution in [2.45, 2.75) is 39.3 Å². The number of aromatic nitrogens is 2. The van der Waals surface area contributed by atoms with Gasteiger partial charge in [-0.05, 0) is 20.3 Å². The molecular weight excluding hydrogens is 240 g/mol. The first-order chi connectivity index (χ1) is 9.04. The Kier molecular flexibility index (Phi) is 6.48. The van der Waals surface area contributed by atoms with E-state index in [2.05, 4.69) is 30.0 Å². The van der Waals surface area contributed by atoms with E-state index in [0.717, 1.165) is 25.3 Å². The predicted octanol–water partition coefficient (Wildman–Crippen LogP) is 1.48. The summed E-state index contributed by atoms with van der Waals surface area (Å²) in [5, 5.41) is 4.43. The topological polar surface area (TPSA) is 56.3 Å². The molecule has 0 aliphatic rings. The fourth-order valence-electron chi connectivity index (χ4n) is 2.50. The van der Waals surface area contributed by atoms with Gasteiger partial charge >= 0.3 is 0 Å². The maximum atomic E-state index is 6.03. The molecule has 0 aliphatic carbocycles. The van der Waals surface area contributed by atoms with Gasteiger partial charge in [-0.3, -0.25) is 9.58 Å². The SMILES string of the molecule is CCC(C)N(CCOC)C(CN)c1cn(C)nc1C. The summed E-state index contributed by atoms with van der Waals surface area (Å²) in [6, 6.07) is 0.683. The Labute approximate surface area is 116 Å². The molecular formula is C14H28N4O. The molecule has 0 amide bonds. The van der Waals surface area contributed by atoms with E-state index >= 15 is 0 Å². The molecule has 2 atom stereocenters. The molecule has 5 heteroatoms. The van der Waals surface area contributed by atoms with E-state index in [0.29, 0.717) is 12.6 Å². The van der Waals surface area contributed by atoms with Gasteiger partial charge in [0, 0.05) is 45.0 Å². The Hall–Kier alpha value is -0.910. The second-order valence-corrected chi connectivity index (χ2v) is 5.08. The molecule has 1 aromatic rings. The quantitative estimate of drug-likeness (QED) is 0.776. The van der Waals surface area contributed by atoms with E-state index in [1.54, 1.807) is 7.11 Å². The van der Waals surface area contributed by atoms with Crippen molar-refractivity contribution >= 4 is 0 Å². The smallest absolute Gasteiger partial charge is 0.0641 e. The summed E-state index contributed by atoms with van der Waals surface area (Å²) in [5.41, 5.74) is 8.31. The number of methoxy groups -OCH3 is 1. The standard InChI is InChI=1S/C14H28N4O/c1-6-11(2)18(7-8-19-5)14(9-15)13-10-17(4)16-12(13)3/h10-11,14H,6-9,15H2,1-5H3. The Morgan fingerprint density at radius 3 is 2.63 bits per heavy atom. The van der Waals surface area contributed by atoms with Crippen LogP contribution in [0.25, 0.3) is 0 Å². The number of nitrogens with two attached hydrogens (primary N) is 1. The fraction of sp³-hybridized carbons (Fsp3) is 0.786. The zero-order valence-corrected chi connectivity index (χ0v) is 12.9. The van der Waals surface area contributed by atoms with Crippen LogP contribution < -0.4 is 5.73 Å². The second-order valence-electron chi connectivity index (χ2n) is 5.08. The van der Waals surface area contributed by atoms with Gasteiger partial charge in [-0.2, -0.15) is 5.10 Å². The number of hydrogen-bond acceptors (Lipinski definition) is 4. The molecule has 0 fully saturated rings. The van der Waals surface area contributed by atoms with Crippen molar-refractivity contribution in [3.8, 4) is 0 Å². The van der Waals surface area contributed by atoms with Gasteiger partial charge in [0.1, 0.15) is 0 Å². The van der Waals surface area contributed by atoms with Crippen LogP contribution in [0.3, 0.4) is 0 Å². The van der Waals surface area contributed by atoms with Gasteiger partial charge in [-0.15, -0.1) is 0 Å². The van der Waals surface area contributed by atoms with Crippen molar-refractivity contribution in [3.05, 3.63) is 17.5 Å². The fourth-order valence-corrected chi connectivity index (χ4v) is 2.50. The highest BCUT2D eigenvalue weighted by Crippen LogP contribution is 2.25. The van der Waals surface area contributed by atoms with Crippen molar-refractivity contribution in [2.24, 2.45) is 12.8 Å². The summed E-state index contributed by atoms with van der Waals surface area (Å²) in [6.07, 6.45) is 3.18. The van der Waals surface area contributed by atoms with E-state index in [1.807, 2.05) is 18.7 Å². The minimum absolute atomic E-state index is 0.207. The number of aryl methyl sites for hydroxylation is 2. The Morgan fingerprint density at radius 1 is 1.53 bits per heavy atom. The van der Waals surface area contributed by atoms with E-state index < -0.39 is 0 Å². The van der Waals surface area contributed by atoms with Crippen molar-refractivity contribution in [2.75, 3.05) is 26.8 Å². The van der Waals surface area contributed by atoms with Crippen molar-refractivity contribution in [1.29, 1.82) is 0 Å². The summed E-state index contributed by atoms with van der Waals surface area (Å²) in [6.45, 7) is 8.70. The van der Waals surface area contributed by atoms with Gasteiger partial charge in [-0.25, -0.2) is 0 Å². The molecule has 0 aliphatic heterocycles. The molecule has 5 nitrogen and oxygen atoms in total. The largest absolute Gasteiger partial charge is 0.383 e. The minimum atomic E-state index is 0.207. The molecule has 2 N–H and O–H groups in total. The summed E-state index contributed by atoms with van der Waals surface area (Å²) in [7, 11) is 3.69. The summed E-state index contributed by atoms with van der Waals surface area (Å²) < 4.78 is 7.09. The molecule has 0 saturated heterocycles. The molecule has 0 saturated carbocycles. The van der Waals surface area contributed by atoms with Crippen LogP contribution in [0.2, 0.25) is 0 Å². The highest BCUT2D eigenvalue weighted by Gasteiger charge is 2.25. The van der Waals surface area contributed by atoms with Gasteiger partial charge in [-0.1, -0.05) is 6.92 Å². The molecule has 2 unspecified atom stereocenters. The zero-order chi connectivity index (χ0) is 14.4. The van der Waals surface area contributed by atoms with Gasteiger partial charge in [0.05, 0.1) is 18.3 Å². The van der Waals surface area contributed by atoms with Crippen LogP contribution in [-0.4, -0.2) is 47.5 Å². The monoisotopic (exact) mass is 268 g/mol. The Morgan fingerprint density at radius 2 is 2.21 bits per heavy atom. The molecule has 0 spiro atoms. The average Bonchev–Trinajstić information content (AvgIpc) is 2.72. The molecule has 1 rings (SSSR count). The van der Waals surface area contributed by atoms with Crippen LogP contribution in [-0.2, 0) is 11.8 Å². The Balaban J connectivity index is 2.98. The van der Waals surface area contributed by atoms with Gasteiger partial charge in [0.15, 0.2) is 0 Å². The lowest BCUT2D eigenvalue weighted by molar-refractivity contribution is 0.0900. The minimum Gasteiger partial charge on any atom is -0.383 e. The number of hydrogen-bond donors (Lipinski definition) is 1. The van der Waals surface area contributed by atoms with Crippen molar-refractivity contribution in [3.63, 3.8) is 0 Å². The van der Waals surface area contributed by atoms with Gasteiger partial charge in [0.25, 0.3) is 0 Å². The number of nitrogens with zero attached hydrogens (tertiary/aromatic N) is 3. The highest BCUT2D eigenvalue weighted by atomic mass is 16.5. The van der Waals surface area contributed by atoms with E-state index in [9.17, 15) is 0 Å². The third-order valence-electron chi connectivity index (χ3n) is 3.74. The van der Waals surface area contributed by atoms with Crippen LogP contribution in [0.4, 0.5) is 0 Å². The molecule has 110 valence electrons. The zero-order valence-electron chi connectivity index (χ0n) is 12.9.